The first-order valence-electron chi connectivity index (χ1n) is 7.69. The Morgan fingerprint density at radius 2 is 2.08 bits per heavy atom. The van der Waals surface area contributed by atoms with Gasteiger partial charge in [-0.25, -0.2) is 9.78 Å². The average molecular weight is 380 g/mol. The van der Waals surface area contributed by atoms with E-state index < -0.39 is 41.1 Å². The lowest BCUT2D eigenvalue weighted by atomic mass is 9.90. The molecule has 6 nitrogen and oxygen atoms in total. The zero-order chi connectivity index (χ0) is 19.0. The van der Waals surface area contributed by atoms with Crippen LogP contribution in [-0.2, 0) is 15.2 Å². The van der Waals surface area contributed by atoms with Crippen molar-refractivity contribution >= 4 is 23.2 Å². The predicted octanol–water partition coefficient (Wildman–Crippen LogP) is 2.30. The van der Waals surface area contributed by atoms with Crippen molar-refractivity contribution in [1.82, 2.24) is 9.88 Å². The minimum absolute atomic E-state index is 0.0435. The Bertz CT molecular complexity index is 663. The Morgan fingerprint density at radius 1 is 1.44 bits per heavy atom. The first kappa shape index (κ1) is 19.6. The predicted molar refractivity (Wildman–Crippen MR) is 83.0 cm³/mol. The van der Waals surface area contributed by atoms with Gasteiger partial charge < -0.3 is 15.1 Å². The molecule has 25 heavy (non-hydrogen) atoms. The number of hydrogen-bond acceptors (Lipinski definition) is 5. The maximum Gasteiger partial charge on any atom is 0.424 e. The molecule has 2 rings (SSSR count). The molecule has 1 aromatic rings. The number of carboxylic acids is 1. The van der Waals surface area contributed by atoms with Gasteiger partial charge in [0.05, 0.1) is 6.42 Å². The Balaban J connectivity index is 2.29. The number of carbonyl (C=O) groups excluding carboxylic acids is 1. The van der Waals surface area contributed by atoms with Gasteiger partial charge in [-0.15, -0.1) is 11.3 Å². The van der Waals surface area contributed by atoms with Gasteiger partial charge in [-0.1, -0.05) is 6.92 Å². The minimum Gasteiger partial charge on any atom is -0.480 e. The van der Waals surface area contributed by atoms with Crippen LogP contribution < -0.4 is 0 Å². The highest BCUT2D eigenvalue weighted by molar-refractivity contribution is 7.09. The van der Waals surface area contributed by atoms with E-state index in [4.69, 9.17) is 0 Å². The van der Waals surface area contributed by atoms with Crippen LogP contribution in [-0.4, -0.2) is 50.7 Å². The number of carbonyl (C=O) groups is 2. The molecule has 3 atom stereocenters. The quantitative estimate of drug-likeness (QED) is 0.837. The van der Waals surface area contributed by atoms with Crippen LogP contribution in [0.3, 0.4) is 0 Å². The molecule has 1 aliphatic heterocycles. The summed E-state index contributed by atoms with van der Waals surface area (Å²) in [5.74, 6) is -2.26. The molecular formula is C15H19F3N2O4S. The van der Waals surface area contributed by atoms with Crippen LogP contribution >= 0.6 is 11.3 Å². The third-order valence-corrected chi connectivity index (χ3v) is 5.43. The average Bonchev–Trinajstić information content (AvgIpc) is 2.92. The first-order chi connectivity index (χ1) is 11.5. The van der Waals surface area contributed by atoms with Gasteiger partial charge in [0, 0.05) is 17.6 Å². The number of aliphatic hydroxyl groups is 1. The molecule has 1 saturated heterocycles. The van der Waals surface area contributed by atoms with Gasteiger partial charge >= 0.3 is 12.1 Å². The number of aliphatic carboxylic acids is 1. The maximum atomic E-state index is 13.5. The molecule has 10 heteroatoms. The Morgan fingerprint density at radius 3 is 2.56 bits per heavy atom. The number of carboxylic acid groups (broad SMARTS) is 1. The normalized spacial score (nSPS) is 24.0. The summed E-state index contributed by atoms with van der Waals surface area (Å²) in [7, 11) is 0. The minimum atomic E-state index is -5.12. The van der Waals surface area contributed by atoms with E-state index in [1.54, 1.807) is 0 Å². The summed E-state index contributed by atoms with van der Waals surface area (Å²) >= 11 is 0.611. The molecule has 3 unspecified atom stereocenters. The van der Waals surface area contributed by atoms with Crippen LogP contribution in [0.15, 0.2) is 5.38 Å². The Hall–Kier alpha value is -1.68. The summed E-state index contributed by atoms with van der Waals surface area (Å²) < 4.78 is 40.4. The summed E-state index contributed by atoms with van der Waals surface area (Å²) in [5, 5.41) is 20.2. The van der Waals surface area contributed by atoms with E-state index in [2.05, 4.69) is 4.98 Å². The van der Waals surface area contributed by atoms with E-state index in [0.717, 1.165) is 4.90 Å². The van der Waals surface area contributed by atoms with Gasteiger partial charge in [0.25, 0.3) is 0 Å². The monoisotopic (exact) mass is 380 g/mol. The molecule has 0 bridgehead atoms. The second-order valence-electron chi connectivity index (χ2n) is 6.40. The van der Waals surface area contributed by atoms with Gasteiger partial charge in [0.1, 0.15) is 11.0 Å². The standard InChI is InChI=1S/C15H19F3N2O4S/c1-8-3-4-20(10(5-8)12(22)23)11(21)6-14(24,15(16,17)18)13-19-9(2)7-25-13/h7-8,10,24H,3-6H2,1-2H3,(H,22,23). The number of thiazole rings is 1. The molecule has 1 aliphatic rings. The number of piperidine rings is 1. The number of nitrogens with zero attached hydrogens (tertiary/aromatic N) is 2. The largest absolute Gasteiger partial charge is 0.480 e. The van der Waals surface area contributed by atoms with Gasteiger partial charge in [-0.3, -0.25) is 4.79 Å². The maximum absolute atomic E-state index is 13.5. The number of aryl methyl sites for hydroxylation is 1. The van der Waals surface area contributed by atoms with Crippen molar-refractivity contribution in [3.8, 4) is 0 Å². The molecule has 0 aromatic carbocycles. The van der Waals surface area contributed by atoms with Crippen molar-refractivity contribution in [2.75, 3.05) is 6.54 Å². The summed E-state index contributed by atoms with van der Waals surface area (Å²) in [6.07, 6.45) is -5.74. The second kappa shape index (κ2) is 6.91. The first-order valence-corrected chi connectivity index (χ1v) is 8.57. The number of likely N-dealkylation sites (tertiary alicyclic amines) is 1. The Kier molecular flexibility index (Phi) is 5.43. The van der Waals surface area contributed by atoms with Gasteiger partial charge in [0.15, 0.2) is 0 Å². The van der Waals surface area contributed by atoms with Crippen LogP contribution in [0.5, 0.6) is 0 Å². The van der Waals surface area contributed by atoms with Crippen LogP contribution in [0.4, 0.5) is 13.2 Å². The Labute approximate surface area is 146 Å². The smallest absolute Gasteiger partial charge is 0.424 e. The highest BCUT2D eigenvalue weighted by Gasteiger charge is 2.59. The van der Waals surface area contributed by atoms with Crippen molar-refractivity contribution < 1.29 is 33.0 Å². The molecule has 0 saturated carbocycles. The highest BCUT2D eigenvalue weighted by atomic mass is 32.1. The molecular weight excluding hydrogens is 361 g/mol. The molecule has 0 aliphatic carbocycles. The number of hydrogen-bond donors (Lipinski definition) is 2. The van der Waals surface area contributed by atoms with Crippen molar-refractivity contribution in [3.63, 3.8) is 0 Å². The van der Waals surface area contributed by atoms with Crippen molar-refractivity contribution in [2.24, 2.45) is 5.92 Å². The summed E-state index contributed by atoms with van der Waals surface area (Å²) in [4.78, 5) is 28.4. The molecule has 1 amide bonds. The molecule has 0 radical (unpaired) electrons. The summed E-state index contributed by atoms with van der Waals surface area (Å²) in [6.45, 7) is 3.34. The third kappa shape index (κ3) is 3.95. The molecule has 1 aromatic heterocycles. The molecule has 0 spiro atoms. The van der Waals surface area contributed by atoms with Crippen molar-refractivity contribution in [1.29, 1.82) is 0 Å². The lowest BCUT2D eigenvalue weighted by Gasteiger charge is -2.38. The molecule has 140 valence electrons. The molecule has 2 N–H and O–H groups in total. The third-order valence-electron chi connectivity index (χ3n) is 4.32. The number of aromatic nitrogens is 1. The van der Waals surface area contributed by atoms with Crippen LogP contribution in [0.1, 0.15) is 36.9 Å². The van der Waals surface area contributed by atoms with Crippen LogP contribution in [0.25, 0.3) is 0 Å². The van der Waals surface area contributed by atoms with Crippen molar-refractivity contribution in [2.45, 2.75) is 50.9 Å². The van der Waals surface area contributed by atoms with E-state index in [9.17, 15) is 33.0 Å². The number of alkyl halides is 3. The number of amides is 1. The summed E-state index contributed by atoms with van der Waals surface area (Å²) in [5.41, 5.74) is -3.14. The second-order valence-corrected chi connectivity index (χ2v) is 7.26. The van der Waals surface area contributed by atoms with Crippen LogP contribution in [0, 0.1) is 12.8 Å². The fourth-order valence-corrected chi connectivity index (χ4v) is 3.75. The lowest BCUT2D eigenvalue weighted by molar-refractivity contribution is -0.268. The molecule has 2 heterocycles. The number of halogens is 3. The van der Waals surface area contributed by atoms with Crippen LogP contribution in [0.2, 0.25) is 0 Å². The van der Waals surface area contributed by atoms with Gasteiger partial charge in [-0.05, 0) is 25.7 Å². The molecule has 1 fully saturated rings. The fourth-order valence-electron chi connectivity index (χ4n) is 2.84. The van der Waals surface area contributed by atoms with E-state index in [-0.39, 0.29) is 18.9 Å². The lowest BCUT2D eigenvalue weighted by Crippen LogP contribution is -2.53. The SMILES string of the molecule is Cc1csc(C(O)(CC(=O)N2CCC(C)CC2C(=O)O)C(F)(F)F)n1. The highest BCUT2D eigenvalue weighted by Crippen LogP contribution is 2.43. The van der Waals surface area contributed by atoms with Gasteiger partial charge in [0.2, 0.25) is 11.5 Å². The number of rotatable bonds is 4. The van der Waals surface area contributed by atoms with Crippen molar-refractivity contribution in [3.05, 3.63) is 16.1 Å². The zero-order valence-corrected chi connectivity index (χ0v) is 14.5. The van der Waals surface area contributed by atoms with Gasteiger partial charge in [-0.2, -0.15) is 13.2 Å². The summed E-state index contributed by atoms with van der Waals surface area (Å²) in [6, 6.07) is -1.19. The zero-order valence-electron chi connectivity index (χ0n) is 13.7. The topological polar surface area (TPSA) is 90.7 Å². The fraction of sp³-hybridized carbons (Fsp3) is 0.667. The van der Waals surface area contributed by atoms with E-state index in [1.807, 2.05) is 6.92 Å². The van der Waals surface area contributed by atoms with E-state index in [1.165, 1.54) is 12.3 Å². The van der Waals surface area contributed by atoms with E-state index >= 15 is 0 Å². The van der Waals surface area contributed by atoms with E-state index in [0.29, 0.717) is 23.5 Å².